The SMILES string of the molecule is Cl.O=C(NCC(=O)N1CCNCC1)NC1CCCCC1. The Bertz CT molecular complexity index is 315. The maximum absolute atomic E-state index is 11.9. The molecule has 2 aliphatic rings. The topological polar surface area (TPSA) is 73.5 Å². The first-order chi connectivity index (χ1) is 9.25. The number of rotatable bonds is 3. The minimum Gasteiger partial charge on any atom is -0.339 e. The van der Waals surface area contributed by atoms with E-state index in [9.17, 15) is 9.59 Å². The lowest BCUT2D eigenvalue weighted by molar-refractivity contribution is -0.130. The van der Waals surface area contributed by atoms with E-state index >= 15 is 0 Å². The molecule has 0 unspecified atom stereocenters. The van der Waals surface area contributed by atoms with Crippen LogP contribution in [0.2, 0.25) is 0 Å². The molecule has 0 atom stereocenters. The first-order valence-electron chi connectivity index (χ1n) is 7.28. The molecule has 1 aliphatic heterocycles. The molecule has 1 saturated heterocycles. The number of halogens is 1. The van der Waals surface area contributed by atoms with E-state index in [2.05, 4.69) is 16.0 Å². The van der Waals surface area contributed by atoms with E-state index in [4.69, 9.17) is 0 Å². The molecule has 1 saturated carbocycles. The third-order valence-corrected chi connectivity index (χ3v) is 3.81. The Morgan fingerprint density at radius 3 is 2.40 bits per heavy atom. The molecule has 1 aliphatic carbocycles. The summed E-state index contributed by atoms with van der Waals surface area (Å²) in [6.45, 7) is 3.22. The summed E-state index contributed by atoms with van der Waals surface area (Å²) in [6.07, 6.45) is 5.74. The van der Waals surface area contributed by atoms with Crippen LogP contribution in [-0.2, 0) is 4.79 Å². The van der Waals surface area contributed by atoms with Gasteiger partial charge in [-0.3, -0.25) is 4.79 Å². The summed E-state index contributed by atoms with van der Waals surface area (Å²) in [5.41, 5.74) is 0. The Labute approximate surface area is 126 Å². The number of piperazine rings is 1. The molecule has 1 heterocycles. The monoisotopic (exact) mass is 304 g/mol. The van der Waals surface area contributed by atoms with E-state index in [-0.39, 0.29) is 36.9 Å². The average molecular weight is 305 g/mol. The zero-order chi connectivity index (χ0) is 13.5. The number of hydrogen-bond donors (Lipinski definition) is 3. The fraction of sp³-hybridized carbons (Fsp3) is 0.846. The van der Waals surface area contributed by atoms with Crippen molar-refractivity contribution in [2.45, 2.75) is 38.1 Å². The van der Waals surface area contributed by atoms with Gasteiger partial charge in [-0.05, 0) is 12.8 Å². The zero-order valence-corrected chi connectivity index (χ0v) is 12.6. The molecule has 0 radical (unpaired) electrons. The standard InChI is InChI=1S/C13H24N4O2.ClH/c18-12(17-8-6-14-7-9-17)10-15-13(19)16-11-4-2-1-3-5-11;/h11,14H,1-10H2,(H2,15,16,19);1H. The van der Waals surface area contributed by atoms with Gasteiger partial charge < -0.3 is 20.9 Å². The van der Waals surface area contributed by atoms with E-state index in [0.717, 1.165) is 39.0 Å². The summed E-state index contributed by atoms with van der Waals surface area (Å²) in [6, 6.07) is 0.0680. The molecule has 0 bridgehead atoms. The summed E-state index contributed by atoms with van der Waals surface area (Å²) in [4.78, 5) is 25.3. The molecular weight excluding hydrogens is 280 g/mol. The normalized spacial score (nSPS) is 19.9. The molecule has 2 rings (SSSR count). The maximum Gasteiger partial charge on any atom is 0.315 e. The molecule has 3 amide bonds. The molecule has 0 aromatic rings. The Morgan fingerprint density at radius 1 is 1.10 bits per heavy atom. The molecule has 116 valence electrons. The van der Waals surface area contributed by atoms with Gasteiger partial charge in [-0.2, -0.15) is 0 Å². The Kier molecular flexibility index (Phi) is 7.69. The lowest BCUT2D eigenvalue weighted by Gasteiger charge is -2.28. The molecule has 2 fully saturated rings. The van der Waals surface area contributed by atoms with Crippen LogP contribution in [0, 0.1) is 0 Å². The van der Waals surface area contributed by atoms with Crippen LogP contribution in [0.4, 0.5) is 4.79 Å². The zero-order valence-electron chi connectivity index (χ0n) is 11.8. The number of hydrogen-bond acceptors (Lipinski definition) is 3. The van der Waals surface area contributed by atoms with Crippen molar-refractivity contribution < 1.29 is 9.59 Å². The second kappa shape index (κ2) is 9.02. The van der Waals surface area contributed by atoms with Crippen LogP contribution >= 0.6 is 12.4 Å². The molecule has 20 heavy (non-hydrogen) atoms. The summed E-state index contributed by atoms with van der Waals surface area (Å²) in [5, 5.41) is 8.80. The van der Waals surface area contributed by atoms with E-state index in [1.807, 2.05) is 0 Å². The molecule has 0 aromatic carbocycles. The first-order valence-corrected chi connectivity index (χ1v) is 7.28. The third-order valence-electron chi connectivity index (χ3n) is 3.81. The van der Waals surface area contributed by atoms with Crippen LogP contribution in [0.15, 0.2) is 0 Å². The van der Waals surface area contributed by atoms with Crippen molar-refractivity contribution in [3.63, 3.8) is 0 Å². The van der Waals surface area contributed by atoms with Gasteiger partial charge in [-0.1, -0.05) is 19.3 Å². The quantitative estimate of drug-likeness (QED) is 0.710. The van der Waals surface area contributed by atoms with Crippen molar-refractivity contribution in [2.24, 2.45) is 0 Å². The Morgan fingerprint density at radius 2 is 1.75 bits per heavy atom. The van der Waals surface area contributed by atoms with Crippen molar-refractivity contribution in [3.05, 3.63) is 0 Å². The van der Waals surface area contributed by atoms with E-state index in [0.29, 0.717) is 0 Å². The Hall–Kier alpha value is -1.01. The largest absolute Gasteiger partial charge is 0.339 e. The number of nitrogens with one attached hydrogen (secondary N) is 3. The maximum atomic E-state index is 11.9. The molecule has 7 heteroatoms. The number of carbonyl (C=O) groups is 2. The minimum absolute atomic E-state index is 0. The highest BCUT2D eigenvalue weighted by Crippen LogP contribution is 2.17. The van der Waals surface area contributed by atoms with Gasteiger partial charge in [0.05, 0.1) is 6.54 Å². The van der Waals surface area contributed by atoms with Gasteiger partial charge in [-0.25, -0.2) is 4.79 Å². The second-order valence-corrected chi connectivity index (χ2v) is 5.29. The highest BCUT2D eigenvalue weighted by molar-refractivity contribution is 5.85. The van der Waals surface area contributed by atoms with Gasteiger partial charge in [0.1, 0.15) is 0 Å². The van der Waals surface area contributed by atoms with Crippen LogP contribution in [0.5, 0.6) is 0 Å². The summed E-state index contributed by atoms with van der Waals surface area (Å²) < 4.78 is 0. The van der Waals surface area contributed by atoms with Gasteiger partial charge >= 0.3 is 6.03 Å². The first kappa shape index (κ1) is 17.0. The van der Waals surface area contributed by atoms with Crippen molar-refractivity contribution in [1.29, 1.82) is 0 Å². The summed E-state index contributed by atoms with van der Waals surface area (Å²) in [7, 11) is 0. The lowest BCUT2D eigenvalue weighted by Crippen LogP contribution is -2.51. The van der Waals surface area contributed by atoms with Crippen LogP contribution in [0.1, 0.15) is 32.1 Å². The summed E-state index contributed by atoms with van der Waals surface area (Å²) in [5.74, 6) is 0.000272. The predicted molar refractivity (Wildman–Crippen MR) is 80.1 cm³/mol. The molecular formula is C13H25ClN4O2. The fourth-order valence-electron chi connectivity index (χ4n) is 2.67. The van der Waals surface area contributed by atoms with Gasteiger partial charge in [0.2, 0.25) is 5.91 Å². The second-order valence-electron chi connectivity index (χ2n) is 5.29. The predicted octanol–water partition coefficient (Wildman–Crippen LogP) is 0.472. The third kappa shape index (κ3) is 5.54. The Balaban J connectivity index is 0.00000200. The molecule has 0 spiro atoms. The van der Waals surface area contributed by atoms with Gasteiger partial charge in [0.15, 0.2) is 0 Å². The molecule has 3 N–H and O–H groups in total. The van der Waals surface area contributed by atoms with Crippen molar-refractivity contribution in [2.75, 3.05) is 32.7 Å². The number of carbonyl (C=O) groups excluding carboxylic acids is 2. The number of nitrogens with zero attached hydrogens (tertiary/aromatic N) is 1. The lowest BCUT2D eigenvalue weighted by atomic mass is 9.96. The van der Waals surface area contributed by atoms with E-state index < -0.39 is 0 Å². The smallest absolute Gasteiger partial charge is 0.315 e. The molecule has 0 aromatic heterocycles. The van der Waals surface area contributed by atoms with Crippen LogP contribution < -0.4 is 16.0 Å². The van der Waals surface area contributed by atoms with Gasteiger partial charge in [0.25, 0.3) is 0 Å². The average Bonchev–Trinajstić information content (AvgIpc) is 2.47. The van der Waals surface area contributed by atoms with Gasteiger partial charge in [-0.15, -0.1) is 12.4 Å². The summed E-state index contributed by atoms with van der Waals surface area (Å²) >= 11 is 0. The van der Waals surface area contributed by atoms with E-state index in [1.165, 1.54) is 19.3 Å². The van der Waals surface area contributed by atoms with Crippen LogP contribution in [0.3, 0.4) is 0 Å². The minimum atomic E-state index is -0.213. The molecule has 6 nitrogen and oxygen atoms in total. The number of urea groups is 1. The fourth-order valence-corrected chi connectivity index (χ4v) is 2.67. The highest BCUT2D eigenvalue weighted by Gasteiger charge is 2.18. The van der Waals surface area contributed by atoms with Crippen LogP contribution in [0.25, 0.3) is 0 Å². The van der Waals surface area contributed by atoms with Gasteiger partial charge in [0, 0.05) is 32.2 Å². The van der Waals surface area contributed by atoms with E-state index in [1.54, 1.807) is 4.90 Å². The van der Waals surface area contributed by atoms with Crippen LogP contribution in [-0.4, -0.2) is 55.6 Å². The number of amides is 3. The highest BCUT2D eigenvalue weighted by atomic mass is 35.5. The van der Waals surface area contributed by atoms with Crippen molar-refractivity contribution in [3.8, 4) is 0 Å². The van der Waals surface area contributed by atoms with Crippen molar-refractivity contribution >= 4 is 24.3 Å². The van der Waals surface area contributed by atoms with Crippen molar-refractivity contribution in [1.82, 2.24) is 20.9 Å².